The van der Waals surface area contributed by atoms with Crippen LogP contribution in [0.15, 0.2) is 18.2 Å². The van der Waals surface area contributed by atoms with Crippen LogP contribution in [0.3, 0.4) is 0 Å². The van der Waals surface area contributed by atoms with Crippen LogP contribution in [0.1, 0.15) is 31.1 Å². The van der Waals surface area contributed by atoms with Crippen molar-refractivity contribution in [2.45, 2.75) is 25.5 Å². The summed E-state index contributed by atoms with van der Waals surface area (Å²) in [6, 6.07) is 4.13. The van der Waals surface area contributed by atoms with Gasteiger partial charge in [0, 0.05) is 0 Å². The van der Waals surface area contributed by atoms with Gasteiger partial charge in [0.2, 0.25) is 10.0 Å². The summed E-state index contributed by atoms with van der Waals surface area (Å²) in [7, 11) is -2.28. The van der Waals surface area contributed by atoms with Gasteiger partial charge in [-0.05, 0) is 39.0 Å². The van der Waals surface area contributed by atoms with Crippen molar-refractivity contribution in [3.05, 3.63) is 23.8 Å². The molecule has 0 bridgehead atoms. The first kappa shape index (κ1) is 15.3. The third-order valence-electron chi connectivity index (χ3n) is 2.51. The number of benzene rings is 1. The molecule has 19 heavy (non-hydrogen) atoms. The Kier molecular flexibility index (Phi) is 4.09. The molecule has 0 aromatic heterocycles. The van der Waals surface area contributed by atoms with Crippen LogP contribution in [0.2, 0.25) is 0 Å². The summed E-state index contributed by atoms with van der Waals surface area (Å²) >= 11 is 0. The molecular formula is C12H17NO5S. The lowest BCUT2D eigenvalue weighted by Crippen LogP contribution is -2.34. The van der Waals surface area contributed by atoms with Gasteiger partial charge in [0.15, 0.2) is 0 Å². The van der Waals surface area contributed by atoms with E-state index in [1.165, 1.54) is 46.1 Å². The highest BCUT2D eigenvalue weighted by Crippen LogP contribution is 2.26. The Hall–Kier alpha value is -1.76. The predicted octanol–water partition coefficient (Wildman–Crippen LogP) is 1.93. The van der Waals surface area contributed by atoms with E-state index in [9.17, 15) is 13.2 Å². The molecule has 0 aliphatic rings. The third-order valence-corrected chi connectivity index (χ3v) is 4.61. The van der Waals surface area contributed by atoms with Gasteiger partial charge in [-0.3, -0.25) is 4.72 Å². The Balaban J connectivity index is 3.26. The lowest BCUT2D eigenvalue weighted by molar-refractivity contribution is 0.0697. The number of anilines is 1. The maximum Gasteiger partial charge on any atom is 0.337 e. The lowest BCUT2D eigenvalue weighted by Gasteiger charge is -2.21. The number of carboxylic acid groups (broad SMARTS) is 1. The van der Waals surface area contributed by atoms with Crippen LogP contribution in [-0.4, -0.2) is 31.4 Å². The number of sulfonamides is 1. The Bertz CT molecular complexity index is 587. The van der Waals surface area contributed by atoms with Crippen LogP contribution in [0.5, 0.6) is 5.75 Å². The maximum absolute atomic E-state index is 12.0. The Morgan fingerprint density at radius 1 is 1.32 bits per heavy atom. The molecule has 0 radical (unpaired) electrons. The van der Waals surface area contributed by atoms with Crippen LogP contribution < -0.4 is 9.46 Å². The molecule has 1 rings (SSSR count). The number of nitrogens with one attached hydrogen (secondary N) is 1. The molecule has 106 valence electrons. The molecule has 1 aromatic rings. The van der Waals surface area contributed by atoms with Gasteiger partial charge in [-0.25, -0.2) is 13.2 Å². The average Bonchev–Trinajstić information content (AvgIpc) is 2.27. The van der Waals surface area contributed by atoms with Crippen LogP contribution >= 0.6 is 0 Å². The second kappa shape index (κ2) is 5.08. The second-order valence-corrected chi connectivity index (χ2v) is 7.37. The van der Waals surface area contributed by atoms with Crippen LogP contribution in [0.4, 0.5) is 5.69 Å². The smallest absolute Gasteiger partial charge is 0.337 e. The first-order valence-corrected chi connectivity index (χ1v) is 7.00. The number of aromatic carboxylic acids is 1. The zero-order valence-electron chi connectivity index (χ0n) is 11.2. The van der Waals surface area contributed by atoms with Crippen molar-refractivity contribution < 1.29 is 23.1 Å². The molecule has 0 atom stereocenters. The fourth-order valence-electron chi connectivity index (χ4n) is 1.21. The molecule has 0 spiro atoms. The van der Waals surface area contributed by atoms with Gasteiger partial charge in [0.1, 0.15) is 5.75 Å². The van der Waals surface area contributed by atoms with E-state index in [4.69, 9.17) is 9.84 Å². The predicted molar refractivity (Wildman–Crippen MR) is 72.2 cm³/mol. The van der Waals surface area contributed by atoms with Crippen LogP contribution in [0, 0.1) is 0 Å². The van der Waals surface area contributed by atoms with E-state index in [0.29, 0.717) is 5.75 Å². The third kappa shape index (κ3) is 3.37. The molecule has 2 N–H and O–H groups in total. The molecule has 0 aliphatic carbocycles. The molecule has 7 heteroatoms. The normalized spacial score (nSPS) is 12.0. The summed E-state index contributed by atoms with van der Waals surface area (Å²) in [5.74, 6) is -0.887. The van der Waals surface area contributed by atoms with E-state index in [0.717, 1.165) is 0 Å². The minimum absolute atomic E-state index is 0.0169. The first-order valence-electron chi connectivity index (χ1n) is 5.52. The first-order chi connectivity index (χ1) is 8.58. The molecule has 0 amide bonds. The Morgan fingerprint density at radius 3 is 2.32 bits per heavy atom. The van der Waals surface area contributed by atoms with Crippen molar-refractivity contribution in [2.75, 3.05) is 11.8 Å². The molecule has 0 fully saturated rings. The fourth-order valence-corrected chi connectivity index (χ4v) is 1.99. The van der Waals surface area contributed by atoms with Gasteiger partial charge in [0.05, 0.1) is 23.1 Å². The van der Waals surface area contributed by atoms with Crippen molar-refractivity contribution in [3.63, 3.8) is 0 Å². The summed E-state index contributed by atoms with van der Waals surface area (Å²) in [5, 5.41) is 9.09. The number of ether oxygens (including phenoxy) is 1. The van der Waals surface area contributed by atoms with Crippen molar-refractivity contribution in [1.82, 2.24) is 0 Å². The summed E-state index contributed by atoms with van der Waals surface area (Å²) in [4.78, 5) is 11.1. The van der Waals surface area contributed by atoms with E-state index in [2.05, 4.69) is 4.72 Å². The number of carboxylic acids is 1. The fraction of sp³-hybridized carbons (Fsp3) is 0.417. The highest BCUT2D eigenvalue weighted by molar-refractivity contribution is 7.94. The zero-order chi connectivity index (χ0) is 14.8. The number of rotatable bonds is 4. The van der Waals surface area contributed by atoms with E-state index in [1.54, 1.807) is 0 Å². The van der Waals surface area contributed by atoms with Gasteiger partial charge in [-0.2, -0.15) is 0 Å². The molecular weight excluding hydrogens is 270 g/mol. The van der Waals surface area contributed by atoms with Crippen molar-refractivity contribution in [1.29, 1.82) is 0 Å². The van der Waals surface area contributed by atoms with Gasteiger partial charge in [0.25, 0.3) is 0 Å². The highest BCUT2D eigenvalue weighted by atomic mass is 32.2. The summed E-state index contributed by atoms with van der Waals surface area (Å²) < 4.78 is 30.2. The number of methoxy groups -OCH3 is 1. The standard InChI is InChI=1S/C12H17NO5S/c1-12(2,3)19(16,17)13-10-6-5-8(18-4)7-9(10)11(14)15/h5-7,13H,1-4H3,(H,14,15). The van der Waals surface area contributed by atoms with E-state index in [1.807, 2.05) is 0 Å². The van der Waals surface area contributed by atoms with E-state index < -0.39 is 20.7 Å². The summed E-state index contributed by atoms with van der Waals surface area (Å²) in [6.07, 6.45) is 0. The minimum Gasteiger partial charge on any atom is -0.497 e. The molecule has 0 saturated heterocycles. The van der Waals surface area contributed by atoms with E-state index in [-0.39, 0.29) is 11.3 Å². The monoisotopic (exact) mass is 287 g/mol. The largest absolute Gasteiger partial charge is 0.497 e. The summed E-state index contributed by atoms with van der Waals surface area (Å²) in [6.45, 7) is 4.58. The van der Waals surface area contributed by atoms with Crippen molar-refractivity contribution in [3.8, 4) is 5.75 Å². The number of hydrogen-bond acceptors (Lipinski definition) is 4. The van der Waals surface area contributed by atoms with Gasteiger partial charge < -0.3 is 9.84 Å². The van der Waals surface area contributed by atoms with Crippen LogP contribution in [-0.2, 0) is 10.0 Å². The molecule has 1 aromatic carbocycles. The van der Waals surface area contributed by atoms with Gasteiger partial charge in [-0.1, -0.05) is 0 Å². The minimum atomic E-state index is -3.68. The zero-order valence-corrected chi connectivity index (χ0v) is 12.0. The van der Waals surface area contributed by atoms with Crippen molar-refractivity contribution in [2.24, 2.45) is 0 Å². The highest BCUT2D eigenvalue weighted by Gasteiger charge is 2.30. The van der Waals surface area contributed by atoms with Gasteiger partial charge in [-0.15, -0.1) is 0 Å². The summed E-state index contributed by atoms with van der Waals surface area (Å²) in [5.41, 5.74) is -0.143. The Labute approximate surface area is 112 Å². The van der Waals surface area contributed by atoms with Gasteiger partial charge >= 0.3 is 5.97 Å². The van der Waals surface area contributed by atoms with Crippen LogP contribution in [0.25, 0.3) is 0 Å². The average molecular weight is 287 g/mol. The quantitative estimate of drug-likeness (QED) is 0.882. The van der Waals surface area contributed by atoms with E-state index >= 15 is 0 Å². The number of hydrogen-bond donors (Lipinski definition) is 2. The SMILES string of the molecule is COc1ccc(NS(=O)(=O)C(C)(C)C)c(C(=O)O)c1. The second-order valence-electron chi connectivity index (χ2n) is 4.93. The Morgan fingerprint density at radius 2 is 1.89 bits per heavy atom. The maximum atomic E-state index is 12.0. The lowest BCUT2D eigenvalue weighted by atomic mass is 10.2. The molecule has 0 aliphatic heterocycles. The molecule has 6 nitrogen and oxygen atoms in total. The topological polar surface area (TPSA) is 92.7 Å². The number of carbonyl (C=O) groups is 1. The molecule has 0 heterocycles. The molecule has 0 unspecified atom stereocenters. The van der Waals surface area contributed by atoms with Crippen molar-refractivity contribution >= 4 is 21.7 Å². The molecule has 0 saturated carbocycles.